The van der Waals surface area contributed by atoms with E-state index in [2.05, 4.69) is 33.1 Å². The van der Waals surface area contributed by atoms with Gasteiger partial charge in [-0.25, -0.2) is 4.98 Å². The first kappa shape index (κ1) is 17.7. The summed E-state index contributed by atoms with van der Waals surface area (Å²) in [6.07, 6.45) is 2.99. The van der Waals surface area contributed by atoms with E-state index in [4.69, 9.17) is 10.5 Å². The number of fused-ring (bicyclic) bond motifs is 1. The van der Waals surface area contributed by atoms with E-state index in [9.17, 15) is 4.79 Å². The maximum Gasteiger partial charge on any atom is 0.240 e. The second kappa shape index (κ2) is 7.50. The van der Waals surface area contributed by atoms with Gasteiger partial charge in [-0.15, -0.1) is 0 Å². The van der Waals surface area contributed by atoms with Crippen LogP contribution in [-0.2, 0) is 22.6 Å². The molecule has 2 heterocycles. The van der Waals surface area contributed by atoms with Crippen molar-refractivity contribution in [2.24, 2.45) is 5.73 Å². The number of nitrogens with zero attached hydrogens (tertiary/aromatic N) is 2. The average Bonchev–Trinajstić information content (AvgIpc) is 3.10. The summed E-state index contributed by atoms with van der Waals surface area (Å²) in [5.74, 6) is -0.100. The lowest BCUT2D eigenvalue weighted by Crippen LogP contribution is -2.56. The van der Waals surface area contributed by atoms with Crippen molar-refractivity contribution in [3.05, 3.63) is 66.0 Å². The molecule has 2 aromatic carbocycles. The van der Waals surface area contributed by atoms with Gasteiger partial charge in [-0.3, -0.25) is 4.79 Å². The van der Waals surface area contributed by atoms with Crippen LogP contribution >= 0.6 is 0 Å². The maximum absolute atomic E-state index is 12.5. The van der Waals surface area contributed by atoms with Crippen LogP contribution < -0.4 is 11.1 Å². The van der Waals surface area contributed by atoms with Gasteiger partial charge in [-0.1, -0.05) is 36.4 Å². The number of hydrogen-bond acceptors (Lipinski definition) is 4. The lowest BCUT2D eigenvalue weighted by Gasteiger charge is -2.31. The predicted molar refractivity (Wildman–Crippen MR) is 104 cm³/mol. The van der Waals surface area contributed by atoms with Gasteiger partial charge in [0.15, 0.2) is 0 Å². The zero-order valence-corrected chi connectivity index (χ0v) is 15.2. The van der Waals surface area contributed by atoms with Gasteiger partial charge in [0, 0.05) is 26.3 Å². The number of carbonyl (C=O) groups excluding carboxylic acids is 1. The summed E-state index contributed by atoms with van der Waals surface area (Å²) in [6, 6.07) is 16.3. The molecule has 140 valence electrons. The SMILES string of the molecule is NC1(C(=O)NCc2cccc(Cn3cnc4ccccc43)c2)CCOCC1. The number of ether oxygens (including phenoxy) is 1. The number of imidazole rings is 1. The Hall–Kier alpha value is -2.70. The largest absolute Gasteiger partial charge is 0.381 e. The lowest BCUT2D eigenvalue weighted by atomic mass is 9.90. The van der Waals surface area contributed by atoms with Crippen molar-refractivity contribution in [1.29, 1.82) is 0 Å². The summed E-state index contributed by atoms with van der Waals surface area (Å²) in [6.45, 7) is 2.29. The number of benzene rings is 2. The molecule has 0 aliphatic carbocycles. The molecule has 0 saturated carbocycles. The Bertz CT molecular complexity index is 944. The van der Waals surface area contributed by atoms with Crippen molar-refractivity contribution in [3.63, 3.8) is 0 Å². The molecule has 27 heavy (non-hydrogen) atoms. The van der Waals surface area contributed by atoms with Crippen LogP contribution in [0.4, 0.5) is 0 Å². The Morgan fingerprint density at radius 1 is 1.15 bits per heavy atom. The molecule has 1 amide bonds. The van der Waals surface area contributed by atoms with E-state index >= 15 is 0 Å². The number of rotatable bonds is 5. The number of aromatic nitrogens is 2. The third-order valence-electron chi connectivity index (χ3n) is 5.16. The molecule has 0 radical (unpaired) electrons. The first-order chi connectivity index (χ1) is 13.1. The van der Waals surface area contributed by atoms with Crippen LogP contribution in [0.1, 0.15) is 24.0 Å². The van der Waals surface area contributed by atoms with Gasteiger partial charge in [-0.2, -0.15) is 0 Å². The second-order valence-electron chi connectivity index (χ2n) is 7.13. The van der Waals surface area contributed by atoms with Crippen LogP contribution in [0.25, 0.3) is 11.0 Å². The van der Waals surface area contributed by atoms with Crippen LogP contribution in [-0.4, -0.2) is 34.2 Å². The molecule has 1 fully saturated rings. The lowest BCUT2D eigenvalue weighted by molar-refractivity contribution is -0.129. The van der Waals surface area contributed by atoms with E-state index in [1.807, 2.05) is 36.7 Å². The van der Waals surface area contributed by atoms with Crippen LogP contribution in [0.3, 0.4) is 0 Å². The van der Waals surface area contributed by atoms with Crippen LogP contribution in [0.15, 0.2) is 54.9 Å². The Morgan fingerprint density at radius 2 is 1.93 bits per heavy atom. The van der Waals surface area contributed by atoms with Crippen molar-refractivity contribution in [3.8, 4) is 0 Å². The number of para-hydroxylation sites is 2. The Balaban J connectivity index is 1.42. The van der Waals surface area contributed by atoms with Crippen molar-refractivity contribution in [2.45, 2.75) is 31.5 Å². The Labute approximate surface area is 158 Å². The third-order valence-corrected chi connectivity index (χ3v) is 5.16. The second-order valence-corrected chi connectivity index (χ2v) is 7.13. The third kappa shape index (κ3) is 3.86. The van der Waals surface area contributed by atoms with Crippen molar-refractivity contribution in [2.75, 3.05) is 13.2 Å². The highest BCUT2D eigenvalue weighted by Gasteiger charge is 2.35. The summed E-state index contributed by atoms with van der Waals surface area (Å²) in [5, 5.41) is 2.99. The predicted octanol–water partition coefficient (Wildman–Crippen LogP) is 2.21. The average molecular weight is 364 g/mol. The van der Waals surface area contributed by atoms with Crippen LogP contribution in [0.2, 0.25) is 0 Å². The highest BCUT2D eigenvalue weighted by Crippen LogP contribution is 2.18. The quantitative estimate of drug-likeness (QED) is 0.727. The zero-order valence-electron chi connectivity index (χ0n) is 15.2. The Morgan fingerprint density at radius 3 is 2.78 bits per heavy atom. The van der Waals surface area contributed by atoms with E-state index in [1.165, 1.54) is 5.56 Å². The van der Waals surface area contributed by atoms with E-state index < -0.39 is 5.54 Å². The molecular weight excluding hydrogens is 340 g/mol. The summed E-state index contributed by atoms with van der Waals surface area (Å²) < 4.78 is 7.44. The van der Waals surface area contributed by atoms with Crippen molar-refractivity contribution >= 4 is 16.9 Å². The minimum absolute atomic E-state index is 0.100. The van der Waals surface area contributed by atoms with Gasteiger partial charge in [0.1, 0.15) is 0 Å². The van der Waals surface area contributed by atoms with Crippen molar-refractivity contribution in [1.82, 2.24) is 14.9 Å². The molecule has 1 saturated heterocycles. The molecule has 3 aromatic rings. The van der Waals surface area contributed by atoms with Gasteiger partial charge < -0.3 is 20.4 Å². The number of nitrogens with two attached hydrogens (primary N) is 1. The minimum atomic E-state index is -0.814. The topological polar surface area (TPSA) is 82.2 Å². The van der Waals surface area contributed by atoms with E-state index in [0.29, 0.717) is 32.6 Å². The van der Waals surface area contributed by atoms with E-state index in [1.54, 1.807) is 0 Å². The van der Waals surface area contributed by atoms with Crippen molar-refractivity contribution < 1.29 is 9.53 Å². The van der Waals surface area contributed by atoms with Gasteiger partial charge in [0.05, 0.1) is 22.9 Å². The molecule has 4 rings (SSSR count). The molecule has 1 aliphatic rings. The molecule has 0 spiro atoms. The highest BCUT2D eigenvalue weighted by molar-refractivity contribution is 5.86. The monoisotopic (exact) mass is 364 g/mol. The number of nitrogens with one attached hydrogen (secondary N) is 1. The summed E-state index contributed by atoms with van der Waals surface area (Å²) in [7, 11) is 0. The standard InChI is InChI=1S/C21H24N4O2/c22-21(8-10-27-11-9-21)20(26)23-13-16-4-3-5-17(12-16)14-25-15-24-18-6-1-2-7-19(18)25/h1-7,12,15H,8-11,13-14,22H2,(H,23,26). The van der Waals surface area contributed by atoms with Gasteiger partial charge in [0.2, 0.25) is 5.91 Å². The number of carbonyl (C=O) groups is 1. The molecule has 0 bridgehead atoms. The molecular formula is C21H24N4O2. The molecule has 1 aliphatic heterocycles. The minimum Gasteiger partial charge on any atom is -0.381 e. The molecule has 0 atom stereocenters. The highest BCUT2D eigenvalue weighted by atomic mass is 16.5. The van der Waals surface area contributed by atoms with Gasteiger partial charge in [-0.05, 0) is 36.1 Å². The summed E-state index contributed by atoms with van der Waals surface area (Å²) in [4.78, 5) is 16.9. The first-order valence-electron chi connectivity index (χ1n) is 9.27. The molecule has 6 heteroatoms. The van der Waals surface area contributed by atoms with Gasteiger partial charge >= 0.3 is 0 Å². The number of hydrogen-bond donors (Lipinski definition) is 2. The fraction of sp³-hybridized carbons (Fsp3) is 0.333. The fourth-order valence-corrected chi connectivity index (χ4v) is 3.49. The molecule has 0 unspecified atom stereocenters. The molecule has 3 N–H and O–H groups in total. The van der Waals surface area contributed by atoms with E-state index in [-0.39, 0.29) is 5.91 Å². The normalized spacial score (nSPS) is 16.3. The Kier molecular flexibility index (Phi) is 4.92. The van der Waals surface area contributed by atoms with Gasteiger partial charge in [0.25, 0.3) is 0 Å². The smallest absolute Gasteiger partial charge is 0.240 e. The summed E-state index contributed by atoms with van der Waals surface area (Å²) in [5.41, 5.74) is 9.75. The number of amides is 1. The van der Waals surface area contributed by atoms with Crippen LogP contribution in [0, 0.1) is 0 Å². The molecule has 6 nitrogen and oxygen atoms in total. The van der Waals surface area contributed by atoms with Crippen LogP contribution in [0.5, 0.6) is 0 Å². The first-order valence-corrected chi connectivity index (χ1v) is 9.27. The summed E-state index contributed by atoms with van der Waals surface area (Å²) >= 11 is 0. The maximum atomic E-state index is 12.5. The zero-order chi connectivity index (χ0) is 18.7. The fourth-order valence-electron chi connectivity index (χ4n) is 3.49. The molecule has 1 aromatic heterocycles. The van der Waals surface area contributed by atoms with E-state index in [0.717, 1.165) is 23.1 Å².